The Morgan fingerprint density at radius 2 is 1.00 bits per heavy atom. The van der Waals surface area contributed by atoms with E-state index in [-0.39, 0.29) is 0 Å². The van der Waals surface area contributed by atoms with E-state index in [1.165, 1.54) is 71.2 Å². The molecule has 2 heteroatoms. The van der Waals surface area contributed by atoms with Crippen LogP contribution >= 0.6 is 0 Å². The zero-order chi connectivity index (χ0) is 34.7. The topological polar surface area (TPSA) is 18.1 Å². The number of hydrogen-bond acceptors (Lipinski definition) is 1. The van der Waals surface area contributed by atoms with E-state index in [1.807, 2.05) is 0 Å². The number of benzene rings is 9. The molecule has 1 aliphatic carbocycles. The predicted octanol–water partition coefficient (Wildman–Crippen LogP) is 13.4. The Hall–Kier alpha value is -6.90. The first-order valence-electron chi connectivity index (χ1n) is 18.4. The molecule has 9 aromatic carbocycles. The summed E-state index contributed by atoms with van der Waals surface area (Å²) < 4.78 is 9.49. The first-order valence-corrected chi connectivity index (χ1v) is 18.4. The van der Waals surface area contributed by atoms with Gasteiger partial charge in [0.25, 0.3) is 0 Å². The lowest BCUT2D eigenvalue weighted by Crippen LogP contribution is -2.28. The van der Waals surface area contributed by atoms with Crippen molar-refractivity contribution in [2.75, 3.05) is 0 Å². The van der Waals surface area contributed by atoms with Crippen molar-refractivity contribution in [3.05, 3.63) is 210 Å². The molecule has 0 amide bonds. The molecule has 53 heavy (non-hydrogen) atoms. The summed E-state index contributed by atoms with van der Waals surface area (Å²) in [4.78, 5) is 0. The number of nitrogens with zero attached hydrogens (tertiary/aromatic N) is 1. The second-order valence-electron chi connectivity index (χ2n) is 14.3. The van der Waals surface area contributed by atoms with Crippen LogP contribution in [0.2, 0.25) is 0 Å². The van der Waals surface area contributed by atoms with Gasteiger partial charge >= 0.3 is 0 Å². The molecule has 1 aliphatic rings. The van der Waals surface area contributed by atoms with E-state index in [1.54, 1.807) is 0 Å². The quantitative estimate of drug-likeness (QED) is 0.183. The average molecular weight is 674 g/mol. The highest BCUT2D eigenvalue weighted by molar-refractivity contribution is 6.36. The molecule has 0 unspecified atom stereocenters. The van der Waals surface area contributed by atoms with Gasteiger partial charge in [0.2, 0.25) is 0 Å². The van der Waals surface area contributed by atoms with E-state index in [2.05, 4.69) is 193 Å². The molecule has 2 nitrogen and oxygen atoms in total. The fourth-order valence-corrected chi connectivity index (χ4v) is 9.77. The third-order valence-electron chi connectivity index (χ3n) is 11.8. The number of aromatic nitrogens is 1. The molecule has 0 N–H and O–H groups in total. The number of furan rings is 1. The van der Waals surface area contributed by atoms with Crippen molar-refractivity contribution in [1.29, 1.82) is 0 Å². The lowest BCUT2D eigenvalue weighted by atomic mass is 9.67. The lowest BCUT2D eigenvalue weighted by molar-refractivity contribution is 0.671. The Morgan fingerprint density at radius 1 is 0.396 bits per heavy atom. The van der Waals surface area contributed by atoms with E-state index in [9.17, 15) is 0 Å². The monoisotopic (exact) mass is 673 g/mol. The second kappa shape index (κ2) is 10.6. The maximum atomic E-state index is 6.98. The van der Waals surface area contributed by atoms with E-state index in [4.69, 9.17) is 4.42 Å². The van der Waals surface area contributed by atoms with Crippen LogP contribution in [0.25, 0.3) is 82.1 Å². The van der Waals surface area contributed by atoms with Gasteiger partial charge < -0.3 is 8.98 Å². The third kappa shape index (κ3) is 3.67. The summed E-state index contributed by atoms with van der Waals surface area (Å²) in [6.07, 6.45) is 0. The number of hydrogen-bond donors (Lipinski definition) is 0. The Labute approximate surface area is 305 Å². The van der Waals surface area contributed by atoms with Crippen LogP contribution in [0.15, 0.2) is 192 Å². The van der Waals surface area contributed by atoms with Crippen LogP contribution in [0.4, 0.5) is 0 Å². The maximum Gasteiger partial charge on any atom is 0.160 e. The van der Waals surface area contributed by atoms with Crippen molar-refractivity contribution in [3.8, 4) is 16.8 Å². The van der Waals surface area contributed by atoms with Gasteiger partial charge in [-0.2, -0.15) is 0 Å². The Kier molecular flexibility index (Phi) is 5.73. The van der Waals surface area contributed by atoms with Gasteiger partial charge in [-0.15, -0.1) is 0 Å². The molecule has 0 aliphatic heterocycles. The van der Waals surface area contributed by atoms with Crippen LogP contribution in [0.5, 0.6) is 0 Å². The zero-order valence-corrected chi connectivity index (χ0v) is 28.8. The predicted molar refractivity (Wildman–Crippen MR) is 220 cm³/mol. The summed E-state index contributed by atoms with van der Waals surface area (Å²) in [6.45, 7) is 0. The van der Waals surface area contributed by atoms with Gasteiger partial charge in [-0.05, 0) is 67.7 Å². The highest BCUT2D eigenvalue weighted by Crippen LogP contribution is 2.57. The minimum Gasteiger partial charge on any atom is -0.454 e. The van der Waals surface area contributed by atoms with Crippen LogP contribution in [-0.2, 0) is 5.41 Å². The number of fused-ring (bicyclic) bond motifs is 15. The lowest BCUT2D eigenvalue weighted by Gasteiger charge is -2.34. The minimum atomic E-state index is -0.507. The normalized spacial score (nSPS) is 13.4. The molecular formula is C51H31NO. The molecule has 11 aromatic rings. The highest BCUT2D eigenvalue weighted by Gasteiger charge is 2.46. The summed E-state index contributed by atoms with van der Waals surface area (Å²) in [7, 11) is 0. The van der Waals surface area contributed by atoms with E-state index < -0.39 is 5.41 Å². The molecule has 0 fully saturated rings. The summed E-state index contributed by atoms with van der Waals surface area (Å²) in [5.74, 6) is 0. The first-order chi connectivity index (χ1) is 26.3. The molecular weight excluding hydrogens is 643 g/mol. The van der Waals surface area contributed by atoms with Gasteiger partial charge in [0.1, 0.15) is 5.58 Å². The van der Waals surface area contributed by atoms with E-state index in [0.717, 1.165) is 33.1 Å². The molecule has 0 bridgehead atoms. The molecule has 0 saturated carbocycles. The smallest absolute Gasteiger partial charge is 0.160 e. The Morgan fingerprint density at radius 3 is 1.77 bits per heavy atom. The van der Waals surface area contributed by atoms with E-state index in [0.29, 0.717) is 0 Å². The van der Waals surface area contributed by atoms with Gasteiger partial charge in [0.05, 0.1) is 16.4 Å². The molecule has 246 valence electrons. The van der Waals surface area contributed by atoms with Crippen LogP contribution in [0.3, 0.4) is 0 Å². The molecule has 2 aromatic heterocycles. The van der Waals surface area contributed by atoms with Crippen LogP contribution in [0.1, 0.15) is 22.3 Å². The maximum absolute atomic E-state index is 6.98. The van der Waals surface area contributed by atoms with Crippen LogP contribution in [-0.4, -0.2) is 4.57 Å². The molecule has 0 radical (unpaired) electrons. The fourth-order valence-electron chi connectivity index (χ4n) is 9.77. The van der Waals surface area contributed by atoms with Crippen molar-refractivity contribution in [2.24, 2.45) is 0 Å². The SMILES string of the molecule is c1ccc(C2(c3ccccc3)c3ccccc3-c3ccc(-n4c5c6ccccc6ccc5c5c6ccccc6c6c7ccccc7oc6c54)cc32)cc1. The second-order valence-corrected chi connectivity index (χ2v) is 14.3. The van der Waals surface area contributed by atoms with Crippen molar-refractivity contribution in [1.82, 2.24) is 4.57 Å². The molecule has 0 atom stereocenters. The largest absolute Gasteiger partial charge is 0.454 e. The van der Waals surface area contributed by atoms with Crippen LogP contribution in [0, 0.1) is 0 Å². The van der Waals surface area contributed by atoms with Crippen molar-refractivity contribution >= 4 is 65.3 Å². The summed E-state index contributed by atoms with van der Waals surface area (Å²) >= 11 is 0. The number of rotatable bonds is 3. The van der Waals surface area contributed by atoms with E-state index >= 15 is 0 Å². The molecule has 0 saturated heterocycles. The molecule has 2 heterocycles. The Balaban J connectivity index is 1.30. The van der Waals surface area contributed by atoms with Crippen molar-refractivity contribution in [2.45, 2.75) is 5.41 Å². The fraction of sp³-hybridized carbons (Fsp3) is 0.0196. The van der Waals surface area contributed by atoms with Gasteiger partial charge in [-0.1, -0.05) is 170 Å². The van der Waals surface area contributed by atoms with Crippen molar-refractivity contribution in [3.63, 3.8) is 0 Å². The molecule has 12 rings (SSSR count). The average Bonchev–Trinajstić information content (AvgIpc) is 3.89. The summed E-state index contributed by atoms with van der Waals surface area (Å²) in [5, 5.41) is 9.61. The summed E-state index contributed by atoms with van der Waals surface area (Å²) in [5.41, 5.74) is 12.4. The minimum absolute atomic E-state index is 0.507. The highest BCUT2D eigenvalue weighted by atomic mass is 16.3. The van der Waals surface area contributed by atoms with Gasteiger partial charge in [-0.25, -0.2) is 0 Å². The molecule has 0 spiro atoms. The van der Waals surface area contributed by atoms with Gasteiger partial charge in [0.15, 0.2) is 5.58 Å². The first kappa shape index (κ1) is 28.8. The van der Waals surface area contributed by atoms with Gasteiger partial charge in [0, 0.05) is 32.6 Å². The van der Waals surface area contributed by atoms with Crippen LogP contribution < -0.4 is 0 Å². The standard InChI is InChI=1S/C51H31NO/c1-3-16-33(17-4-1)51(34-18-5-2-6-19-34)43-25-13-11-21-37(43)38-30-28-35(31-44(38)51)52-48-36-20-8-7-15-32(36)27-29-42(48)46-39-22-9-10-23-40(39)47-41-24-12-14-26-45(41)53-50(47)49(46)52/h1-31H. The van der Waals surface area contributed by atoms with Gasteiger partial charge in [-0.3, -0.25) is 0 Å². The van der Waals surface area contributed by atoms with Crippen molar-refractivity contribution < 1.29 is 4.42 Å². The third-order valence-corrected chi connectivity index (χ3v) is 11.8. The Bertz CT molecular complexity index is 3240. The zero-order valence-electron chi connectivity index (χ0n) is 28.8. The summed E-state index contributed by atoms with van der Waals surface area (Å²) in [6, 6.07) is 69.0. The number of para-hydroxylation sites is 1.